The van der Waals surface area contributed by atoms with E-state index >= 15 is 0 Å². The lowest BCUT2D eigenvalue weighted by atomic mass is 9.78. The Kier molecular flexibility index (Phi) is 7.46. The summed E-state index contributed by atoms with van der Waals surface area (Å²) in [5.41, 5.74) is 0.367. The number of unbranched alkanes of at least 4 members (excludes halogenated alkanes) is 1. The summed E-state index contributed by atoms with van der Waals surface area (Å²) in [6.07, 6.45) is 11.2. The number of rotatable bonds is 7. The molecular weight excluding hydrogens is 404 g/mol. The molecule has 3 heterocycles. The number of nitrogens with zero attached hydrogens (tertiary/aromatic N) is 3. The Bertz CT molecular complexity index is 773. The van der Waals surface area contributed by atoms with E-state index in [2.05, 4.69) is 28.2 Å². The van der Waals surface area contributed by atoms with Gasteiger partial charge in [0.15, 0.2) is 0 Å². The minimum Gasteiger partial charge on any atom is -0.390 e. The van der Waals surface area contributed by atoms with Crippen molar-refractivity contribution in [3.63, 3.8) is 0 Å². The van der Waals surface area contributed by atoms with Crippen molar-refractivity contribution in [2.45, 2.75) is 88.9 Å². The lowest BCUT2D eigenvalue weighted by molar-refractivity contribution is -0.166. The number of nitrogens with one attached hydrogen (secondary N) is 1. The first kappa shape index (κ1) is 23.2. The number of pyridine rings is 1. The smallest absolute Gasteiger partial charge is 0.248 e. The quantitative estimate of drug-likeness (QED) is 0.678. The molecule has 2 saturated heterocycles. The monoisotopic (exact) mass is 442 g/mol. The molecule has 1 spiro atoms. The summed E-state index contributed by atoms with van der Waals surface area (Å²) in [6.45, 7) is 5.00. The van der Waals surface area contributed by atoms with Gasteiger partial charge in [0, 0.05) is 38.6 Å². The van der Waals surface area contributed by atoms with Crippen LogP contribution in [0.2, 0.25) is 0 Å². The summed E-state index contributed by atoms with van der Waals surface area (Å²) < 4.78 is 0. The van der Waals surface area contributed by atoms with E-state index in [0.717, 1.165) is 63.7 Å². The number of aliphatic hydroxyl groups excluding tert-OH is 1. The van der Waals surface area contributed by atoms with Gasteiger partial charge >= 0.3 is 0 Å². The largest absolute Gasteiger partial charge is 0.390 e. The maximum atomic E-state index is 13.6. The molecule has 1 aromatic heterocycles. The standard InChI is InChI=1S/C25H38N4O3/c1-2-3-14-29-23(31)21(22(30)20-9-5-4-6-10-20)27-24(32)25(29)11-15-28(16-12-25)18-19-8-7-13-26-17-19/h7-8,13,17,20-22,30H,2-6,9-12,14-16,18H2,1H3,(H,27,32)/t21-,22-/m1/s1. The second-order valence-electron chi connectivity index (χ2n) is 9.85. The number of hydrogen-bond donors (Lipinski definition) is 2. The summed E-state index contributed by atoms with van der Waals surface area (Å²) in [5, 5.41) is 14.0. The molecule has 3 aliphatic rings. The predicted octanol–water partition coefficient (Wildman–Crippen LogP) is 2.48. The number of carbonyl (C=O) groups is 2. The summed E-state index contributed by atoms with van der Waals surface area (Å²) in [6, 6.07) is 3.21. The fourth-order valence-electron chi connectivity index (χ4n) is 5.79. The Balaban J connectivity index is 1.48. The van der Waals surface area contributed by atoms with E-state index in [0.29, 0.717) is 19.4 Å². The number of likely N-dealkylation sites (tertiary alicyclic amines) is 1. The fourth-order valence-corrected chi connectivity index (χ4v) is 5.79. The lowest BCUT2D eigenvalue weighted by Gasteiger charge is -2.52. The zero-order valence-electron chi connectivity index (χ0n) is 19.3. The Morgan fingerprint density at radius 2 is 1.97 bits per heavy atom. The van der Waals surface area contributed by atoms with E-state index in [1.165, 1.54) is 6.42 Å². The average molecular weight is 443 g/mol. The van der Waals surface area contributed by atoms with Crippen LogP contribution >= 0.6 is 0 Å². The Labute approximate surface area is 191 Å². The molecule has 3 fully saturated rings. The number of aromatic nitrogens is 1. The van der Waals surface area contributed by atoms with Gasteiger partial charge in [0.05, 0.1) is 6.10 Å². The van der Waals surface area contributed by atoms with E-state index in [4.69, 9.17) is 0 Å². The number of aliphatic hydroxyl groups is 1. The lowest BCUT2D eigenvalue weighted by Crippen LogP contribution is -2.75. The Morgan fingerprint density at radius 3 is 2.62 bits per heavy atom. The van der Waals surface area contributed by atoms with E-state index < -0.39 is 17.7 Å². The predicted molar refractivity (Wildman–Crippen MR) is 123 cm³/mol. The van der Waals surface area contributed by atoms with Crippen LogP contribution in [0.25, 0.3) is 0 Å². The second kappa shape index (κ2) is 10.3. The molecule has 1 aliphatic carbocycles. The van der Waals surface area contributed by atoms with Crippen molar-refractivity contribution >= 4 is 11.8 Å². The van der Waals surface area contributed by atoms with Gasteiger partial charge in [-0.25, -0.2) is 0 Å². The summed E-state index contributed by atoms with van der Waals surface area (Å²) in [5.74, 6) is -0.0627. The summed E-state index contributed by atoms with van der Waals surface area (Å²) in [7, 11) is 0. The number of piperazine rings is 1. The maximum absolute atomic E-state index is 13.6. The second-order valence-corrected chi connectivity index (χ2v) is 9.85. The molecule has 32 heavy (non-hydrogen) atoms. The minimum atomic E-state index is -0.804. The molecule has 0 aromatic carbocycles. The van der Waals surface area contributed by atoms with Crippen molar-refractivity contribution in [3.05, 3.63) is 30.1 Å². The molecule has 2 aliphatic heterocycles. The first-order valence-electron chi connectivity index (χ1n) is 12.5. The van der Waals surface area contributed by atoms with Crippen LogP contribution < -0.4 is 5.32 Å². The molecule has 2 N–H and O–H groups in total. The molecule has 1 aromatic rings. The molecule has 2 atom stereocenters. The van der Waals surface area contributed by atoms with Crippen LogP contribution in [0.3, 0.4) is 0 Å². The number of piperidine rings is 1. The highest BCUT2D eigenvalue weighted by Gasteiger charge is 2.55. The third-order valence-corrected chi connectivity index (χ3v) is 7.78. The van der Waals surface area contributed by atoms with Crippen LogP contribution in [0.15, 0.2) is 24.5 Å². The van der Waals surface area contributed by atoms with Crippen molar-refractivity contribution in [2.75, 3.05) is 19.6 Å². The number of hydrogen-bond acceptors (Lipinski definition) is 5. The van der Waals surface area contributed by atoms with Gasteiger partial charge in [0.2, 0.25) is 11.8 Å². The molecular formula is C25H38N4O3. The van der Waals surface area contributed by atoms with Gasteiger partial charge in [-0.2, -0.15) is 0 Å². The zero-order chi connectivity index (χ0) is 22.6. The van der Waals surface area contributed by atoms with Crippen LogP contribution in [-0.4, -0.2) is 69.0 Å². The average Bonchev–Trinajstić information content (AvgIpc) is 2.83. The highest BCUT2D eigenvalue weighted by atomic mass is 16.3. The van der Waals surface area contributed by atoms with Crippen LogP contribution in [0.4, 0.5) is 0 Å². The SMILES string of the molecule is CCCCN1C(=O)[C@@H]([C@H](O)C2CCCCC2)NC(=O)C12CCN(Cc1cccnc1)CC2. The number of amides is 2. The molecule has 4 rings (SSSR count). The maximum Gasteiger partial charge on any atom is 0.248 e. The van der Waals surface area contributed by atoms with Crippen LogP contribution in [0, 0.1) is 5.92 Å². The first-order chi connectivity index (χ1) is 15.5. The highest BCUT2D eigenvalue weighted by molar-refractivity contribution is 6.00. The van der Waals surface area contributed by atoms with E-state index in [9.17, 15) is 14.7 Å². The highest BCUT2D eigenvalue weighted by Crippen LogP contribution is 2.36. The topological polar surface area (TPSA) is 85.8 Å². The van der Waals surface area contributed by atoms with Gasteiger partial charge in [-0.15, -0.1) is 0 Å². The molecule has 7 nitrogen and oxygen atoms in total. The minimum absolute atomic E-state index is 0.0749. The van der Waals surface area contributed by atoms with Crippen LogP contribution in [-0.2, 0) is 16.1 Å². The van der Waals surface area contributed by atoms with Gasteiger partial charge in [-0.05, 0) is 49.7 Å². The summed E-state index contributed by atoms with van der Waals surface area (Å²) in [4.78, 5) is 35.5. The van der Waals surface area contributed by atoms with Gasteiger partial charge < -0.3 is 15.3 Å². The normalized spacial score (nSPS) is 25.7. The summed E-state index contributed by atoms with van der Waals surface area (Å²) >= 11 is 0. The number of carbonyl (C=O) groups excluding carboxylic acids is 2. The van der Waals surface area contributed by atoms with Crippen molar-refractivity contribution in [1.82, 2.24) is 20.1 Å². The van der Waals surface area contributed by atoms with Crippen molar-refractivity contribution in [2.24, 2.45) is 5.92 Å². The van der Waals surface area contributed by atoms with Crippen molar-refractivity contribution < 1.29 is 14.7 Å². The van der Waals surface area contributed by atoms with Crippen molar-refractivity contribution in [3.8, 4) is 0 Å². The molecule has 2 amide bonds. The molecule has 1 saturated carbocycles. The van der Waals surface area contributed by atoms with Crippen LogP contribution in [0.5, 0.6) is 0 Å². The van der Waals surface area contributed by atoms with E-state index in [-0.39, 0.29) is 17.7 Å². The third kappa shape index (κ3) is 4.69. The van der Waals surface area contributed by atoms with E-state index in [1.54, 1.807) is 6.20 Å². The Morgan fingerprint density at radius 1 is 1.22 bits per heavy atom. The van der Waals surface area contributed by atoms with Gasteiger partial charge in [0.25, 0.3) is 0 Å². The van der Waals surface area contributed by atoms with Crippen LogP contribution in [0.1, 0.15) is 70.3 Å². The van der Waals surface area contributed by atoms with E-state index in [1.807, 2.05) is 17.2 Å². The molecule has 7 heteroatoms. The van der Waals surface area contributed by atoms with Crippen molar-refractivity contribution in [1.29, 1.82) is 0 Å². The molecule has 0 bridgehead atoms. The van der Waals surface area contributed by atoms with Gasteiger partial charge in [-0.3, -0.25) is 19.5 Å². The molecule has 0 radical (unpaired) electrons. The third-order valence-electron chi connectivity index (χ3n) is 7.78. The van der Waals surface area contributed by atoms with Gasteiger partial charge in [-0.1, -0.05) is 38.7 Å². The fraction of sp³-hybridized carbons (Fsp3) is 0.720. The molecule has 0 unspecified atom stereocenters. The Hall–Kier alpha value is -1.99. The molecule has 176 valence electrons. The first-order valence-corrected chi connectivity index (χ1v) is 12.5. The zero-order valence-corrected chi connectivity index (χ0v) is 19.3. The van der Waals surface area contributed by atoms with Gasteiger partial charge in [0.1, 0.15) is 11.6 Å².